The van der Waals surface area contributed by atoms with Crippen molar-refractivity contribution < 1.29 is 23.4 Å². The quantitative estimate of drug-likeness (QED) is 0.579. The summed E-state index contributed by atoms with van der Waals surface area (Å²) in [5.41, 5.74) is 2.67. The molecule has 6 nitrogen and oxygen atoms in total. The topological polar surface area (TPSA) is 67.1 Å². The van der Waals surface area contributed by atoms with E-state index >= 15 is 0 Å². The van der Waals surface area contributed by atoms with Gasteiger partial charge in [0.05, 0.1) is 12.1 Å². The van der Waals surface area contributed by atoms with Crippen LogP contribution in [0.3, 0.4) is 0 Å². The van der Waals surface area contributed by atoms with E-state index in [-0.39, 0.29) is 19.0 Å². The number of aryl methyl sites for hydroxylation is 1. The summed E-state index contributed by atoms with van der Waals surface area (Å²) >= 11 is 6.37. The monoisotopic (exact) mass is 414 g/mol. The zero-order valence-electron chi connectivity index (χ0n) is 15.9. The highest BCUT2D eigenvalue weighted by molar-refractivity contribution is 6.31. The van der Waals surface area contributed by atoms with Crippen LogP contribution in [0.5, 0.6) is 23.0 Å². The maximum absolute atomic E-state index is 12.6. The number of ether oxygens (including phenoxy) is 4. The zero-order valence-corrected chi connectivity index (χ0v) is 16.6. The largest absolute Gasteiger partial charge is 0.493 e. The Bertz CT molecular complexity index is 1170. The van der Waals surface area contributed by atoms with E-state index in [0.717, 1.165) is 47.8 Å². The van der Waals surface area contributed by atoms with E-state index in [2.05, 4.69) is 0 Å². The molecule has 0 spiro atoms. The van der Waals surface area contributed by atoms with Gasteiger partial charge in [0.1, 0.15) is 6.61 Å². The van der Waals surface area contributed by atoms with E-state index in [1.807, 2.05) is 12.1 Å². The lowest BCUT2D eigenvalue weighted by Crippen LogP contribution is -2.16. The van der Waals surface area contributed by atoms with E-state index in [4.69, 9.17) is 35.0 Å². The van der Waals surface area contributed by atoms with Gasteiger partial charge in [-0.2, -0.15) is 0 Å². The summed E-state index contributed by atoms with van der Waals surface area (Å²) in [6.45, 7) is 0.328. The fourth-order valence-corrected chi connectivity index (χ4v) is 4.19. The molecule has 0 atom stereocenters. The summed E-state index contributed by atoms with van der Waals surface area (Å²) in [6, 6.07) is 7.27. The van der Waals surface area contributed by atoms with Gasteiger partial charge < -0.3 is 23.4 Å². The first-order chi connectivity index (χ1) is 14.2. The standard InChI is InChI=1S/C22H19ClO6/c1-25-17-7-6-14-13-4-2-3-5-15(13)22(24)29-20(14)21(17)26-10-12-8-18-19(9-16(12)23)28-11-27-18/h6-9H,2-5,10-11H2,1H3. The molecule has 2 aromatic carbocycles. The van der Waals surface area contributed by atoms with Gasteiger partial charge in [-0.05, 0) is 49.4 Å². The third-order valence-corrected chi connectivity index (χ3v) is 5.80. The molecule has 3 aromatic rings. The van der Waals surface area contributed by atoms with Crippen LogP contribution < -0.4 is 24.6 Å². The first-order valence-corrected chi connectivity index (χ1v) is 9.90. The number of hydrogen-bond donors (Lipinski definition) is 0. The van der Waals surface area contributed by atoms with Crippen LogP contribution in [-0.2, 0) is 19.4 Å². The maximum Gasteiger partial charge on any atom is 0.339 e. The van der Waals surface area contributed by atoms with E-state index in [1.54, 1.807) is 19.2 Å². The van der Waals surface area contributed by atoms with Crippen molar-refractivity contribution in [2.45, 2.75) is 32.3 Å². The molecule has 0 N–H and O–H groups in total. The molecule has 1 aromatic heterocycles. The van der Waals surface area contributed by atoms with Gasteiger partial charge in [0.15, 0.2) is 22.8 Å². The molecule has 1 aliphatic carbocycles. The first kappa shape index (κ1) is 18.2. The average Bonchev–Trinajstić information content (AvgIpc) is 3.19. The van der Waals surface area contributed by atoms with Gasteiger partial charge in [-0.1, -0.05) is 11.6 Å². The highest BCUT2D eigenvalue weighted by Gasteiger charge is 2.23. The van der Waals surface area contributed by atoms with Crippen molar-refractivity contribution in [3.63, 3.8) is 0 Å². The summed E-state index contributed by atoms with van der Waals surface area (Å²) in [5, 5.41) is 1.40. The molecule has 150 valence electrons. The van der Waals surface area contributed by atoms with Crippen molar-refractivity contribution in [3.8, 4) is 23.0 Å². The summed E-state index contributed by atoms with van der Waals surface area (Å²) < 4.78 is 28.0. The second kappa shape index (κ2) is 7.19. The third kappa shape index (κ3) is 3.08. The third-order valence-electron chi connectivity index (χ3n) is 5.44. The fourth-order valence-electron chi connectivity index (χ4n) is 3.98. The van der Waals surface area contributed by atoms with E-state index < -0.39 is 0 Å². The van der Waals surface area contributed by atoms with Gasteiger partial charge in [-0.3, -0.25) is 0 Å². The molecule has 2 aliphatic rings. The van der Waals surface area contributed by atoms with Crippen molar-refractivity contribution in [1.29, 1.82) is 0 Å². The minimum absolute atomic E-state index is 0.158. The Hall–Kier alpha value is -2.86. The molecule has 29 heavy (non-hydrogen) atoms. The zero-order chi connectivity index (χ0) is 20.0. The molecule has 0 bridgehead atoms. The molecule has 7 heteroatoms. The fraction of sp³-hybridized carbons (Fsp3) is 0.318. The van der Waals surface area contributed by atoms with Gasteiger partial charge in [-0.15, -0.1) is 0 Å². The molecule has 0 amide bonds. The lowest BCUT2D eigenvalue weighted by molar-refractivity contribution is 0.174. The van der Waals surface area contributed by atoms with Crippen molar-refractivity contribution >= 4 is 22.6 Å². The number of halogens is 1. The molecule has 2 heterocycles. The molecule has 1 aliphatic heterocycles. The van der Waals surface area contributed by atoms with Crippen LogP contribution in [0, 0.1) is 0 Å². The van der Waals surface area contributed by atoms with Crippen molar-refractivity contribution in [2.24, 2.45) is 0 Å². The van der Waals surface area contributed by atoms with E-state index in [1.165, 1.54) is 0 Å². The van der Waals surface area contributed by atoms with Gasteiger partial charge in [0.25, 0.3) is 0 Å². The molecular weight excluding hydrogens is 396 g/mol. The average molecular weight is 415 g/mol. The van der Waals surface area contributed by atoms with Crippen LogP contribution in [0.15, 0.2) is 33.5 Å². The van der Waals surface area contributed by atoms with Crippen LogP contribution in [0.25, 0.3) is 11.0 Å². The molecule has 0 fully saturated rings. The summed E-state index contributed by atoms with van der Waals surface area (Å²) in [4.78, 5) is 12.6. The smallest absolute Gasteiger partial charge is 0.339 e. The van der Waals surface area contributed by atoms with Crippen molar-refractivity contribution in [2.75, 3.05) is 13.9 Å². The molecule has 0 saturated carbocycles. The maximum atomic E-state index is 12.6. The minimum atomic E-state index is -0.300. The molecular formula is C22H19ClO6. The number of methoxy groups -OCH3 is 1. The number of fused-ring (bicyclic) bond motifs is 4. The van der Waals surface area contributed by atoms with Gasteiger partial charge in [-0.25, -0.2) is 4.79 Å². The lowest BCUT2D eigenvalue weighted by atomic mass is 9.90. The first-order valence-electron chi connectivity index (χ1n) is 9.52. The van der Waals surface area contributed by atoms with Gasteiger partial charge in [0, 0.05) is 22.6 Å². The molecule has 0 unspecified atom stereocenters. The Morgan fingerprint density at radius 1 is 1.07 bits per heavy atom. The second-order valence-corrected chi connectivity index (χ2v) is 7.52. The summed E-state index contributed by atoms with van der Waals surface area (Å²) in [5.74, 6) is 2.12. The van der Waals surface area contributed by atoms with Gasteiger partial charge >= 0.3 is 5.63 Å². The summed E-state index contributed by atoms with van der Waals surface area (Å²) in [6.07, 6.45) is 3.67. The van der Waals surface area contributed by atoms with Crippen LogP contribution in [-0.4, -0.2) is 13.9 Å². The molecule has 5 rings (SSSR count). The Labute approximate surface area is 171 Å². The lowest BCUT2D eigenvalue weighted by Gasteiger charge is -2.18. The van der Waals surface area contributed by atoms with Crippen LogP contribution >= 0.6 is 11.6 Å². The Balaban J connectivity index is 1.57. The van der Waals surface area contributed by atoms with Crippen LogP contribution in [0.2, 0.25) is 5.02 Å². The van der Waals surface area contributed by atoms with E-state index in [0.29, 0.717) is 33.6 Å². The molecule has 0 saturated heterocycles. The predicted octanol–water partition coefficient (Wildman–Crippen LogP) is 4.64. The summed E-state index contributed by atoms with van der Waals surface area (Å²) in [7, 11) is 1.55. The Kier molecular flexibility index (Phi) is 4.51. The number of benzene rings is 2. The highest BCUT2D eigenvalue weighted by atomic mass is 35.5. The van der Waals surface area contributed by atoms with Crippen LogP contribution in [0.4, 0.5) is 0 Å². The Morgan fingerprint density at radius 3 is 2.62 bits per heavy atom. The number of rotatable bonds is 4. The Morgan fingerprint density at radius 2 is 1.83 bits per heavy atom. The second-order valence-electron chi connectivity index (χ2n) is 7.11. The van der Waals surface area contributed by atoms with Crippen LogP contribution in [0.1, 0.15) is 29.5 Å². The molecule has 0 radical (unpaired) electrons. The van der Waals surface area contributed by atoms with Crippen molar-refractivity contribution in [1.82, 2.24) is 0 Å². The number of hydrogen-bond acceptors (Lipinski definition) is 6. The van der Waals surface area contributed by atoms with Crippen molar-refractivity contribution in [3.05, 3.63) is 56.4 Å². The predicted molar refractivity (Wildman–Crippen MR) is 108 cm³/mol. The highest BCUT2D eigenvalue weighted by Crippen LogP contribution is 2.40. The van der Waals surface area contributed by atoms with E-state index in [9.17, 15) is 4.79 Å². The normalized spacial score (nSPS) is 14.7. The minimum Gasteiger partial charge on any atom is -0.493 e. The van der Waals surface area contributed by atoms with Gasteiger partial charge in [0.2, 0.25) is 12.5 Å². The SMILES string of the molecule is COc1ccc2c3c(c(=O)oc2c1OCc1cc2c(cc1Cl)OCO2)CCCC3.